The molecule has 0 saturated heterocycles. The summed E-state index contributed by atoms with van der Waals surface area (Å²) in [5.41, 5.74) is 0. The molecule has 1 nitrogen and oxygen atoms in total. The van der Waals surface area contributed by atoms with Gasteiger partial charge in [0.2, 0.25) is 0 Å². The van der Waals surface area contributed by atoms with Crippen molar-refractivity contribution in [2.45, 2.75) is 89.9 Å². The van der Waals surface area contributed by atoms with E-state index >= 15 is 0 Å². The van der Waals surface area contributed by atoms with Crippen molar-refractivity contribution in [1.29, 1.82) is 0 Å². The molecule has 0 atom stereocenters. The van der Waals surface area contributed by atoms with Gasteiger partial charge in [0.05, 0.1) is 0 Å². The maximum absolute atomic E-state index is 10.6. The molecule has 0 radical (unpaired) electrons. The van der Waals surface area contributed by atoms with Gasteiger partial charge in [0.15, 0.2) is 0 Å². The summed E-state index contributed by atoms with van der Waals surface area (Å²) in [6, 6.07) is 0. The van der Waals surface area contributed by atoms with Gasteiger partial charge in [0.1, 0.15) is 6.29 Å². The Balaban J connectivity index is 1.37. The van der Waals surface area contributed by atoms with E-state index in [1.54, 1.807) is 0 Å². The fourth-order valence-corrected chi connectivity index (χ4v) is 6.19. The number of rotatable bonds is 6. The predicted octanol–water partition coefficient (Wildman–Crippen LogP) is 6.57. The average Bonchev–Trinajstić information content (AvgIpc) is 2.67. The van der Waals surface area contributed by atoms with Gasteiger partial charge in [0, 0.05) is 6.42 Å². The van der Waals surface area contributed by atoms with Crippen molar-refractivity contribution < 1.29 is 4.79 Å². The first-order valence-corrected chi connectivity index (χ1v) is 10.9. The molecular weight excluding hydrogens is 292 g/mol. The molecular formula is C23H38O. The molecule has 0 aromatic rings. The van der Waals surface area contributed by atoms with Gasteiger partial charge >= 0.3 is 0 Å². The molecule has 0 heterocycles. The van der Waals surface area contributed by atoms with Crippen LogP contribution in [0.5, 0.6) is 0 Å². The standard InChI is InChI=1S/C23H38O/c1-2-18-5-9-20(10-6-18)22-13-15-23(16-14-22)21-11-7-19(8-12-21)4-3-17-24/h2,17-23H,1,3-16H2/t18-,19?,20-,21?,22?,23?. The van der Waals surface area contributed by atoms with E-state index in [0.29, 0.717) is 0 Å². The highest BCUT2D eigenvalue weighted by atomic mass is 16.1. The Kier molecular flexibility index (Phi) is 6.98. The van der Waals surface area contributed by atoms with E-state index in [4.69, 9.17) is 0 Å². The van der Waals surface area contributed by atoms with Gasteiger partial charge < -0.3 is 4.79 Å². The zero-order chi connectivity index (χ0) is 16.8. The van der Waals surface area contributed by atoms with Crippen molar-refractivity contribution in [3.8, 4) is 0 Å². The normalized spacial score (nSPS) is 40.8. The largest absolute Gasteiger partial charge is 0.303 e. The van der Waals surface area contributed by atoms with E-state index < -0.39 is 0 Å². The minimum Gasteiger partial charge on any atom is -0.303 e. The zero-order valence-corrected chi connectivity index (χ0v) is 15.6. The summed E-state index contributed by atoms with van der Waals surface area (Å²) in [5.74, 6) is 5.76. The second kappa shape index (κ2) is 9.20. The van der Waals surface area contributed by atoms with Crippen molar-refractivity contribution >= 4 is 6.29 Å². The zero-order valence-electron chi connectivity index (χ0n) is 15.6. The predicted molar refractivity (Wildman–Crippen MR) is 102 cm³/mol. The van der Waals surface area contributed by atoms with Crippen LogP contribution in [0.1, 0.15) is 89.9 Å². The molecule has 3 aliphatic carbocycles. The minimum absolute atomic E-state index is 0.786. The van der Waals surface area contributed by atoms with Gasteiger partial charge in [-0.3, -0.25) is 0 Å². The third-order valence-corrected chi connectivity index (χ3v) is 7.88. The molecule has 0 bridgehead atoms. The molecule has 1 heteroatoms. The molecule has 0 aromatic heterocycles. The summed E-state index contributed by atoms with van der Waals surface area (Å²) < 4.78 is 0. The number of aldehydes is 1. The van der Waals surface area contributed by atoms with Crippen molar-refractivity contribution in [3.63, 3.8) is 0 Å². The van der Waals surface area contributed by atoms with Crippen LogP contribution >= 0.6 is 0 Å². The summed E-state index contributed by atoms with van der Waals surface area (Å²) in [7, 11) is 0. The summed E-state index contributed by atoms with van der Waals surface area (Å²) in [5, 5.41) is 0. The molecule has 0 aliphatic heterocycles. The highest BCUT2D eigenvalue weighted by Crippen LogP contribution is 2.46. The maximum atomic E-state index is 10.6. The molecule has 3 aliphatic rings. The topological polar surface area (TPSA) is 17.1 Å². The fourth-order valence-electron chi connectivity index (χ4n) is 6.19. The first-order chi connectivity index (χ1) is 11.8. The molecule has 0 spiro atoms. The van der Waals surface area contributed by atoms with E-state index in [0.717, 1.165) is 54.6 Å². The van der Waals surface area contributed by atoms with Gasteiger partial charge in [-0.2, -0.15) is 0 Å². The van der Waals surface area contributed by atoms with Crippen molar-refractivity contribution in [1.82, 2.24) is 0 Å². The van der Waals surface area contributed by atoms with E-state index in [-0.39, 0.29) is 0 Å². The molecule has 3 fully saturated rings. The van der Waals surface area contributed by atoms with Crippen LogP contribution in [-0.4, -0.2) is 6.29 Å². The molecule has 0 aromatic carbocycles. The summed E-state index contributed by atoms with van der Waals surface area (Å²) in [6.45, 7) is 3.99. The second-order valence-corrected chi connectivity index (χ2v) is 9.11. The van der Waals surface area contributed by atoms with Crippen molar-refractivity contribution in [3.05, 3.63) is 12.7 Å². The van der Waals surface area contributed by atoms with Crippen LogP contribution in [-0.2, 0) is 4.79 Å². The van der Waals surface area contributed by atoms with Crippen LogP contribution in [0.4, 0.5) is 0 Å². The Morgan fingerprint density at radius 1 is 0.667 bits per heavy atom. The first-order valence-electron chi connectivity index (χ1n) is 10.9. The lowest BCUT2D eigenvalue weighted by atomic mass is 9.65. The van der Waals surface area contributed by atoms with E-state index in [2.05, 4.69) is 12.7 Å². The Labute approximate surface area is 149 Å². The third kappa shape index (κ3) is 4.73. The van der Waals surface area contributed by atoms with Crippen LogP contribution in [0, 0.1) is 35.5 Å². The summed E-state index contributed by atoms with van der Waals surface area (Å²) in [4.78, 5) is 10.6. The van der Waals surface area contributed by atoms with Crippen LogP contribution in [0.3, 0.4) is 0 Å². The molecule has 136 valence electrons. The van der Waals surface area contributed by atoms with Crippen LogP contribution < -0.4 is 0 Å². The third-order valence-electron chi connectivity index (χ3n) is 7.88. The molecule has 3 rings (SSSR count). The fraction of sp³-hybridized carbons (Fsp3) is 0.870. The van der Waals surface area contributed by atoms with Gasteiger partial charge in [-0.05, 0) is 106 Å². The number of carbonyl (C=O) groups is 1. The van der Waals surface area contributed by atoms with Gasteiger partial charge in [-0.15, -0.1) is 6.58 Å². The molecule has 0 N–H and O–H groups in total. The lowest BCUT2D eigenvalue weighted by Crippen LogP contribution is -2.29. The average molecular weight is 331 g/mol. The monoisotopic (exact) mass is 330 g/mol. The van der Waals surface area contributed by atoms with Crippen molar-refractivity contribution in [2.75, 3.05) is 0 Å². The maximum Gasteiger partial charge on any atom is 0.120 e. The number of carbonyl (C=O) groups excluding carboxylic acids is 1. The molecule has 24 heavy (non-hydrogen) atoms. The first kappa shape index (κ1) is 18.2. The quantitative estimate of drug-likeness (QED) is 0.397. The van der Waals surface area contributed by atoms with Crippen LogP contribution in [0.15, 0.2) is 12.7 Å². The Hall–Kier alpha value is -0.590. The summed E-state index contributed by atoms with van der Waals surface area (Å²) >= 11 is 0. The lowest BCUT2D eigenvalue weighted by Gasteiger charge is -2.41. The SMILES string of the molecule is C=C[C@H]1CC[C@H](C2CCC(C3CCC(CCC=O)CC3)CC2)CC1. The minimum atomic E-state index is 0.786. The van der Waals surface area contributed by atoms with Gasteiger partial charge in [-0.25, -0.2) is 0 Å². The Bertz CT molecular complexity index is 377. The molecule has 3 saturated carbocycles. The second-order valence-electron chi connectivity index (χ2n) is 9.11. The van der Waals surface area contributed by atoms with Gasteiger partial charge in [-0.1, -0.05) is 18.9 Å². The van der Waals surface area contributed by atoms with Gasteiger partial charge in [0.25, 0.3) is 0 Å². The summed E-state index contributed by atoms with van der Waals surface area (Å²) in [6.07, 6.45) is 22.7. The van der Waals surface area contributed by atoms with Crippen LogP contribution in [0.25, 0.3) is 0 Å². The molecule has 0 unspecified atom stereocenters. The Morgan fingerprint density at radius 3 is 1.50 bits per heavy atom. The smallest absolute Gasteiger partial charge is 0.120 e. The van der Waals surface area contributed by atoms with Crippen LogP contribution in [0.2, 0.25) is 0 Å². The number of hydrogen-bond acceptors (Lipinski definition) is 1. The number of hydrogen-bond donors (Lipinski definition) is 0. The lowest BCUT2D eigenvalue weighted by molar-refractivity contribution is -0.108. The van der Waals surface area contributed by atoms with E-state index in [9.17, 15) is 4.79 Å². The van der Waals surface area contributed by atoms with Crippen molar-refractivity contribution in [2.24, 2.45) is 35.5 Å². The highest BCUT2D eigenvalue weighted by molar-refractivity contribution is 5.49. The number of allylic oxidation sites excluding steroid dienone is 1. The Morgan fingerprint density at radius 2 is 1.08 bits per heavy atom. The van der Waals surface area contributed by atoms with E-state index in [1.807, 2.05) is 0 Å². The highest BCUT2D eigenvalue weighted by Gasteiger charge is 2.34. The van der Waals surface area contributed by atoms with E-state index in [1.165, 1.54) is 77.0 Å². The molecule has 0 amide bonds.